The highest BCUT2D eigenvalue weighted by molar-refractivity contribution is 5.51. The molecule has 1 aromatic carbocycles. The van der Waals surface area contributed by atoms with E-state index >= 15 is 0 Å². The Morgan fingerprint density at radius 3 is 2.80 bits per heavy atom. The minimum atomic E-state index is -0.378. The van der Waals surface area contributed by atoms with Crippen LogP contribution in [-0.4, -0.2) is 56.4 Å². The molecule has 20 heavy (non-hydrogen) atoms. The van der Waals surface area contributed by atoms with Crippen molar-refractivity contribution < 1.29 is 9.50 Å². The van der Waals surface area contributed by atoms with E-state index < -0.39 is 0 Å². The van der Waals surface area contributed by atoms with Crippen LogP contribution in [-0.2, 0) is 6.54 Å². The van der Waals surface area contributed by atoms with Crippen molar-refractivity contribution >= 4 is 5.69 Å². The van der Waals surface area contributed by atoms with Crippen molar-refractivity contribution in [1.82, 2.24) is 10.2 Å². The Kier molecular flexibility index (Phi) is 4.96. The fourth-order valence-corrected chi connectivity index (χ4v) is 2.88. The maximum Gasteiger partial charge on any atom is 0.146 e. The normalized spacial score (nSPS) is 22.8. The molecule has 2 N–H and O–H groups in total. The lowest BCUT2D eigenvalue weighted by Crippen LogP contribution is -2.38. The van der Waals surface area contributed by atoms with E-state index in [1.807, 2.05) is 38.2 Å². The minimum absolute atomic E-state index is 0.157. The molecule has 1 heterocycles. The Morgan fingerprint density at radius 1 is 1.45 bits per heavy atom. The smallest absolute Gasteiger partial charge is 0.146 e. The molecule has 0 spiro atoms. The largest absolute Gasteiger partial charge is 0.391 e. The van der Waals surface area contributed by atoms with Gasteiger partial charge in [0.15, 0.2) is 0 Å². The average molecular weight is 281 g/mol. The van der Waals surface area contributed by atoms with Crippen LogP contribution in [0.3, 0.4) is 0 Å². The van der Waals surface area contributed by atoms with Crippen molar-refractivity contribution in [3.8, 4) is 0 Å². The number of nitrogens with one attached hydrogen (secondary N) is 1. The third-order valence-corrected chi connectivity index (χ3v) is 3.67. The summed E-state index contributed by atoms with van der Waals surface area (Å²) in [5.74, 6) is -0.212. The average Bonchev–Trinajstić information content (AvgIpc) is 2.69. The van der Waals surface area contributed by atoms with E-state index in [-0.39, 0.29) is 18.0 Å². The van der Waals surface area contributed by atoms with Crippen molar-refractivity contribution in [2.75, 3.05) is 39.1 Å². The number of halogens is 1. The van der Waals surface area contributed by atoms with Crippen LogP contribution in [0, 0.1) is 5.82 Å². The molecule has 0 aromatic heterocycles. The highest BCUT2D eigenvalue weighted by Crippen LogP contribution is 2.29. The van der Waals surface area contributed by atoms with Crippen molar-refractivity contribution in [2.24, 2.45) is 0 Å². The number of hydrogen-bond acceptors (Lipinski definition) is 4. The SMILES string of the molecule is CNCc1ccc(N2CC(O)CC2CN(C)C)c(F)c1. The molecule has 1 aliphatic rings. The molecule has 4 nitrogen and oxygen atoms in total. The molecule has 2 rings (SSSR count). The number of rotatable bonds is 5. The summed E-state index contributed by atoms with van der Waals surface area (Å²) in [6.07, 6.45) is 0.312. The molecule has 112 valence electrons. The fraction of sp³-hybridized carbons (Fsp3) is 0.600. The van der Waals surface area contributed by atoms with Crippen LogP contribution in [0.4, 0.5) is 10.1 Å². The molecule has 1 saturated heterocycles. The van der Waals surface area contributed by atoms with E-state index in [2.05, 4.69) is 10.2 Å². The zero-order valence-corrected chi connectivity index (χ0v) is 12.4. The highest BCUT2D eigenvalue weighted by atomic mass is 19.1. The Hall–Kier alpha value is -1.17. The predicted molar refractivity (Wildman–Crippen MR) is 79.5 cm³/mol. The molecule has 2 unspecified atom stereocenters. The van der Waals surface area contributed by atoms with Gasteiger partial charge in [0.05, 0.1) is 11.8 Å². The van der Waals surface area contributed by atoms with Crippen LogP contribution in [0.1, 0.15) is 12.0 Å². The number of likely N-dealkylation sites (N-methyl/N-ethyl adjacent to an activating group) is 1. The van der Waals surface area contributed by atoms with Gasteiger partial charge in [-0.1, -0.05) is 6.07 Å². The first-order valence-corrected chi connectivity index (χ1v) is 7.03. The number of hydrogen-bond donors (Lipinski definition) is 2. The zero-order chi connectivity index (χ0) is 14.7. The number of benzene rings is 1. The molecular weight excluding hydrogens is 257 g/mol. The van der Waals surface area contributed by atoms with E-state index in [1.54, 1.807) is 6.07 Å². The number of aliphatic hydroxyl groups is 1. The molecule has 0 bridgehead atoms. The van der Waals surface area contributed by atoms with Gasteiger partial charge in [0.1, 0.15) is 5.82 Å². The summed E-state index contributed by atoms with van der Waals surface area (Å²) in [5, 5.41) is 12.9. The molecule has 0 aliphatic carbocycles. The van der Waals surface area contributed by atoms with Gasteiger partial charge in [-0.15, -0.1) is 0 Å². The fourth-order valence-electron chi connectivity index (χ4n) is 2.88. The Labute approximate surface area is 120 Å². The van der Waals surface area contributed by atoms with Gasteiger partial charge in [-0.3, -0.25) is 0 Å². The summed E-state index contributed by atoms with van der Waals surface area (Å²) >= 11 is 0. The van der Waals surface area contributed by atoms with Crippen LogP contribution in [0.5, 0.6) is 0 Å². The monoisotopic (exact) mass is 281 g/mol. The quantitative estimate of drug-likeness (QED) is 0.846. The van der Waals surface area contributed by atoms with E-state index in [0.717, 1.165) is 12.1 Å². The summed E-state index contributed by atoms with van der Waals surface area (Å²) in [6, 6.07) is 5.49. The second kappa shape index (κ2) is 6.52. The number of nitrogens with zero attached hydrogens (tertiary/aromatic N) is 2. The van der Waals surface area contributed by atoms with Gasteiger partial charge in [-0.25, -0.2) is 4.39 Å². The van der Waals surface area contributed by atoms with Gasteiger partial charge in [-0.2, -0.15) is 0 Å². The van der Waals surface area contributed by atoms with Gasteiger partial charge in [0.25, 0.3) is 0 Å². The molecular formula is C15H24FN3O. The van der Waals surface area contributed by atoms with Gasteiger partial charge >= 0.3 is 0 Å². The molecule has 0 saturated carbocycles. The van der Waals surface area contributed by atoms with Crippen molar-refractivity contribution in [1.29, 1.82) is 0 Å². The molecule has 5 heteroatoms. The zero-order valence-electron chi connectivity index (χ0n) is 12.4. The second-order valence-electron chi connectivity index (χ2n) is 5.77. The maximum absolute atomic E-state index is 14.3. The highest BCUT2D eigenvalue weighted by Gasteiger charge is 2.32. The van der Waals surface area contributed by atoms with Gasteiger partial charge in [0, 0.05) is 25.7 Å². The Bertz CT molecular complexity index is 453. The summed E-state index contributed by atoms with van der Waals surface area (Å²) in [4.78, 5) is 4.06. The second-order valence-corrected chi connectivity index (χ2v) is 5.77. The molecule has 1 aliphatic heterocycles. The van der Waals surface area contributed by atoms with Gasteiger partial charge < -0.3 is 20.2 Å². The minimum Gasteiger partial charge on any atom is -0.391 e. The summed E-state index contributed by atoms with van der Waals surface area (Å²) in [7, 11) is 5.83. The molecule has 0 amide bonds. The van der Waals surface area contributed by atoms with Crippen molar-refractivity contribution in [3.05, 3.63) is 29.6 Å². The third-order valence-electron chi connectivity index (χ3n) is 3.67. The summed E-state index contributed by atoms with van der Waals surface area (Å²) in [6.45, 7) is 1.97. The number of aliphatic hydroxyl groups excluding tert-OH is 1. The van der Waals surface area contributed by atoms with Gasteiger partial charge in [0.2, 0.25) is 0 Å². The van der Waals surface area contributed by atoms with E-state index in [4.69, 9.17) is 0 Å². The van der Waals surface area contributed by atoms with Crippen LogP contribution < -0.4 is 10.2 Å². The van der Waals surface area contributed by atoms with Crippen LogP contribution in [0.25, 0.3) is 0 Å². The molecule has 2 atom stereocenters. The first kappa shape index (κ1) is 15.2. The maximum atomic E-state index is 14.3. The third kappa shape index (κ3) is 3.48. The predicted octanol–water partition coefficient (Wildman–Crippen LogP) is 1.05. The Balaban J connectivity index is 2.20. The van der Waals surface area contributed by atoms with Crippen LogP contribution >= 0.6 is 0 Å². The number of anilines is 1. The van der Waals surface area contributed by atoms with Crippen molar-refractivity contribution in [3.63, 3.8) is 0 Å². The summed E-state index contributed by atoms with van der Waals surface area (Å²) < 4.78 is 14.3. The molecule has 1 fully saturated rings. The lowest BCUT2D eigenvalue weighted by atomic mass is 10.1. The molecule has 0 radical (unpaired) electrons. The number of β-amino-alcohol motifs (C(OH)–C–C–N with tert-alkyl or cyclic N) is 1. The van der Waals surface area contributed by atoms with Gasteiger partial charge in [-0.05, 0) is 45.3 Å². The standard InChI is InChI=1S/C15H24FN3O/c1-17-8-11-4-5-15(14(16)6-11)19-10-13(20)7-12(19)9-18(2)3/h4-6,12-13,17,20H,7-10H2,1-3H3. The molecule has 1 aromatic rings. The first-order valence-electron chi connectivity index (χ1n) is 7.03. The van der Waals surface area contributed by atoms with Crippen molar-refractivity contribution in [2.45, 2.75) is 25.1 Å². The van der Waals surface area contributed by atoms with Crippen LogP contribution in [0.15, 0.2) is 18.2 Å². The lowest BCUT2D eigenvalue weighted by molar-refractivity contribution is 0.191. The lowest BCUT2D eigenvalue weighted by Gasteiger charge is -2.29. The Morgan fingerprint density at radius 2 is 2.20 bits per heavy atom. The first-order chi connectivity index (χ1) is 9.51. The summed E-state index contributed by atoms with van der Waals surface area (Å²) in [5.41, 5.74) is 1.52. The van der Waals surface area contributed by atoms with E-state index in [1.165, 1.54) is 0 Å². The van der Waals surface area contributed by atoms with Crippen LogP contribution in [0.2, 0.25) is 0 Å². The van der Waals surface area contributed by atoms with E-state index in [0.29, 0.717) is 25.2 Å². The van der Waals surface area contributed by atoms with E-state index in [9.17, 15) is 9.50 Å². The topological polar surface area (TPSA) is 38.7 Å².